The summed E-state index contributed by atoms with van der Waals surface area (Å²) in [6.45, 7) is 10.6. The molecule has 1 N–H and O–H groups in total. The van der Waals surface area contributed by atoms with Crippen LogP contribution >= 0.6 is 11.8 Å². The third kappa shape index (κ3) is 4.18. The summed E-state index contributed by atoms with van der Waals surface area (Å²) in [6, 6.07) is 0. The second kappa shape index (κ2) is 5.73. The fourth-order valence-electron chi connectivity index (χ4n) is 1.42. The van der Waals surface area contributed by atoms with Crippen molar-refractivity contribution < 1.29 is 0 Å². The highest BCUT2D eigenvalue weighted by Crippen LogP contribution is 2.10. The quantitative estimate of drug-likeness (QED) is 0.859. The van der Waals surface area contributed by atoms with Crippen molar-refractivity contribution >= 4 is 11.8 Å². The van der Waals surface area contributed by atoms with Crippen LogP contribution < -0.4 is 5.32 Å². The molecule has 0 radical (unpaired) electrons. The first-order valence-corrected chi connectivity index (χ1v) is 7.08. The van der Waals surface area contributed by atoms with Gasteiger partial charge < -0.3 is 5.32 Å². The third-order valence-corrected chi connectivity index (χ3v) is 3.11. The van der Waals surface area contributed by atoms with Crippen molar-refractivity contribution in [1.82, 2.24) is 15.1 Å². The molecule has 0 amide bonds. The number of thioether (sulfide) groups is 1. The van der Waals surface area contributed by atoms with Crippen molar-refractivity contribution in [1.29, 1.82) is 0 Å². The van der Waals surface area contributed by atoms with E-state index in [0.717, 1.165) is 18.8 Å². The number of nitrogens with zero attached hydrogens (tertiary/aromatic N) is 2. The highest BCUT2D eigenvalue weighted by molar-refractivity contribution is 7.98. The molecule has 4 heteroatoms. The molecule has 1 heterocycles. The zero-order chi connectivity index (χ0) is 12.2. The summed E-state index contributed by atoms with van der Waals surface area (Å²) in [4.78, 5) is 0. The summed E-state index contributed by atoms with van der Waals surface area (Å²) >= 11 is 1.86. The van der Waals surface area contributed by atoms with Crippen molar-refractivity contribution in [2.45, 2.75) is 46.3 Å². The number of rotatable bonds is 5. The standard InChI is InChI=1S/C12H23N3S/c1-10-11(8-13-12(2,3)4)9-14-15(10)6-7-16-5/h9,13H,6-8H2,1-5H3. The molecule has 0 unspecified atom stereocenters. The van der Waals surface area contributed by atoms with Crippen LogP contribution in [0.5, 0.6) is 0 Å². The Hall–Kier alpha value is -0.480. The van der Waals surface area contributed by atoms with Crippen molar-refractivity contribution in [2.24, 2.45) is 0 Å². The molecule has 0 aliphatic carbocycles. The lowest BCUT2D eigenvalue weighted by Gasteiger charge is -2.20. The SMILES string of the molecule is CSCCn1ncc(CNC(C)(C)C)c1C. The van der Waals surface area contributed by atoms with Gasteiger partial charge in [-0.2, -0.15) is 16.9 Å². The van der Waals surface area contributed by atoms with E-state index >= 15 is 0 Å². The maximum atomic E-state index is 4.42. The second-order valence-electron chi connectivity index (χ2n) is 5.07. The molecular weight excluding hydrogens is 218 g/mol. The summed E-state index contributed by atoms with van der Waals surface area (Å²) < 4.78 is 2.09. The lowest BCUT2D eigenvalue weighted by Crippen LogP contribution is -2.35. The predicted molar refractivity (Wildman–Crippen MR) is 71.9 cm³/mol. The molecule has 0 saturated heterocycles. The zero-order valence-corrected chi connectivity index (χ0v) is 11.8. The van der Waals surface area contributed by atoms with Gasteiger partial charge in [0.15, 0.2) is 0 Å². The minimum Gasteiger partial charge on any atom is -0.308 e. The summed E-state index contributed by atoms with van der Waals surface area (Å²) in [5, 5.41) is 7.91. The molecule has 0 spiro atoms. The van der Waals surface area contributed by atoms with Gasteiger partial charge in [-0.1, -0.05) is 0 Å². The van der Waals surface area contributed by atoms with Crippen LogP contribution in [0.2, 0.25) is 0 Å². The fourth-order valence-corrected chi connectivity index (χ4v) is 1.78. The van der Waals surface area contributed by atoms with E-state index in [1.54, 1.807) is 0 Å². The Morgan fingerprint density at radius 1 is 1.44 bits per heavy atom. The van der Waals surface area contributed by atoms with E-state index in [0.29, 0.717) is 0 Å². The summed E-state index contributed by atoms with van der Waals surface area (Å²) in [7, 11) is 0. The summed E-state index contributed by atoms with van der Waals surface area (Å²) in [5.41, 5.74) is 2.75. The van der Waals surface area contributed by atoms with Gasteiger partial charge in [0.05, 0.1) is 12.7 Å². The van der Waals surface area contributed by atoms with Crippen LogP contribution in [-0.2, 0) is 13.1 Å². The molecule has 0 aliphatic heterocycles. The molecule has 0 aliphatic rings. The Bertz CT molecular complexity index is 325. The highest BCUT2D eigenvalue weighted by atomic mass is 32.2. The van der Waals surface area contributed by atoms with Crippen LogP contribution in [0.4, 0.5) is 0 Å². The van der Waals surface area contributed by atoms with E-state index in [4.69, 9.17) is 0 Å². The average molecular weight is 241 g/mol. The van der Waals surface area contributed by atoms with Crippen LogP contribution in [0.3, 0.4) is 0 Å². The van der Waals surface area contributed by atoms with E-state index in [9.17, 15) is 0 Å². The molecule has 1 aromatic rings. The number of hydrogen-bond acceptors (Lipinski definition) is 3. The van der Waals surface area contributed by atoms with Gasteiger partial charge in [0.25, 0.3) is 0 Å². The number of hydrogen-bond donors (Lipinski definition) is 1. The van der Waals surface area contributed by atoms with Gasteiger partial charge in [-0.05, 0) is 34.0 Å². The Morgan fingerprint density at radius 3 is 2.69 bits per heavy atom. The second-order valence-corrected chi connectivity index (χ2v) is 6.06. The van der Waals surface area contributed by atoms with Gasteiger partial charge in [0.1, 0.15) is 0 Å². The van der Waals surface area contributed by atoms with Gasteiger partial charge in [-0.15, -0.1) is 0 Å². The van der Waals surface area contributed by atoms with Gasteiger partial charge in [-0.25, -0.2) is 0 Å². The Labute approximate surface area is 103 Å². The van der Waals surface area contributed by atoms with E-state index in [1.165, 1.54) is 11.3 Å². The van der Waals surface area contributed by atoms with Crippen LogP contribution in [0.15, 0.2) is 6.20 Å². The van der Waals surface area contributed by atoms with E-state index in [2.05, 4.69) is 49.0 Å². The zero-order valence-electron chi connectivity index (χ0n) is 11.0. The molecule has 0 aromatic carbocycles. The Kier molecular flexibility index (Phi) is 4.87. The van der Waals surface area contributed by atoms with Crippen LogP contribution in [0, 0.1) is 6.92 Å². The molecule has 3 nitrogen and oxygen atoms in total. The van der Waals surface area contributed by atoms with Crippen molar-refractivity contribution in [3.8, 4) is 0 Å². The minimum absolute atomic E-state index is 0.161. The summed E-state index contributed by atoms with van der Waals surface area (Å²) in [5.74, 6) is 1.12. The summed E-state index contributed by atoms with van der Waals surface area (Å²) in [6.07, 6.45) is 4.11. The third-order valence-electron chi connectivity index (χ3n) is 2.52. The van der Waals surface area contributed by atoms with E-state index in [1.807, 2.05) is 18.0 Å². The first-order chi connectivity index (χ1) is 7.44. The molecular formula is C12H23N3S. The molecule has 0 atom stereocenters. The van der Waals surface area contributed by atoms with E-state index < -0.39 is 0 Å². The maximum absolute atomic E-state index is 4.42. The smallest absolute Gasteiger partial charge is 0.0537 e. The van der Waals surface area contributed by atoms with Crippen LogP contribution in [0.25, 0.3) is 0 Å². The first kappa shape index (κ1) is 13.6. The van der Waals surface area contributed by atoms with Gasteiger partial charge in [0, 0.05) is 29.1 Å². The van der Waals surface area contributed by atoms with Gasteiger partial charge in [-0.3, -0.25) is 4.68 Å². The minimum atomic E-state index is 0.161. The lowest BCUT2D eigenvalue weighted by molar-refractivity contribution is 0.423. The average Bonchev–Trinajstić information content (AvgIpc) is 2.53. The molecule has 0 fully saturated rings. The van der Waals surface area contributed by atoms with Crippen LogP contribution in [0.1, 0.15) is 32.0 Å². The molecule has 0 saturated carbocycles. The normalized spacial score (nSPS) is 12.1. The molecule has 0 bridgehead atoms. The number of nitrogens with one attached hydrogen (secondary N) is 1. The Morgan fingerprint density at radius 2 is 2.12 bits per heavy atom. The lowest BCUT2D eigenvalue weighted by atomic mass is 10.1. The van der Waals surface area contributed by atoms with Gasteiger partial charge in [0.2, 0.25) is 0 Å². The monoisotopic (exact) mass is 241 g/mol. The Balaban J connectivity index is 2.58. The topological polar surface area (TPSA) is 29.9 Å². The van der Waals surface area contributed by atoms with Crippen LogP contribution in [-0.4, -0.2) is 27.3 Å². The largest absolute Gasteiger partial charge is 0.308 e. The van der Waals surface area contributed by atoms with E-state index in [-0.39, 0.29) is 5.54 Å². The fraction of sp³-hybridized carbons (Fsp3) is 0.750. The van der Waals surface area contributed by atoms with Crippen molar-refractivity contribution in [3.05, 3.63) is 17.5 Å². The maximum Gasteiger partial charge on any atom is 0.0537 e. The van der Waals surface area contributed by atoms with Crippen molar-refractivity contribution in [3.63, 3.8) is 0 Å². The molecule has 1 rings (SSSR count). The van der Waals surface area contributed by atoms with Gasteiger partial charge >= 0.3 is 0 Å². The number of aryl methyl sites for hydroxylation is 1. The predicted octanol–water partition coefficient (Wildman–Crippen LogP) is 2.44. The highest BCUT2D eigenvalue weighted by Gasteiger charge is 2.11. The molecule has 92 valence electrons. The first-order valence-electron chi connectivity index (χ1n) is 5.69. The molecule has 16 heavy (non-hydrogen) atoms. The number of aromatic nitrogens is 2. The van der Waals surface area contributed by atoms with Crippen molar-refractivity contribution in [2.75, 3.05) is 12.0 Å². The molecule has 1 aromatic heterocycles.